The summed E-state index contributed by atoms with van der Waals surface area (Å²) in [5.74, 6) is -3.20. The number of H-pyrrole nitrogens is 1. The van der Waals surface area contributed by atoms with E-state index in [-0.39, 0.29) is 18.9 Å². The maximum Gasteiger partial charge on any atom is 0.325 e. The SMILES string of the molecule is CC(NC(=O)C(Cc1cnc[nH]1)NC(=O)C(NC(=O)CN)C(C)C)C(=O)O. The van der Waals surface area contributed by atoms with Gasteiger partial charge in [-0.3, -0.25) is 19.2 Å². The van der Waals surface area contributed by atoms with E-state index in [0.29, 0.717) is 5.69 Å². The van der Waals surface area contributed by atoms with Crippen molar-refractivity contribution < 1.29 is 24.3 Å². The minimum absolute atomic E-state index is 0.0690. The molecule has 0 bridgehead atoms. The van der Waals surface area contributed by atoms with Crippen molar-refractivity contribution in [2.24, 2.45) is 11.7 Å². The summed E-state index contributed by atoms with van der Waals surface area (Å²) in [7, 11) is 0. The van der Waals surface area contributed by atoms with E-state index >= 15 is 0 Å². The van der Waals surface area contributed by atoms with Gasteiger partial charge in [0.25, 0.3) is 0 Å². The molecule has 1 aromatic rings. The lowest BCUT2D eigenvalue weighted by Crippen LogP contribution is -2.57. The van der Waals surface area contributed by atoms with E-state index in [0.717, 1.165) is 0 Å². The predicted octanol–water partition coefficient (Wildman–Crippen LogP) is -1.87. The molecule has 0 saturated carbocycles. The summed E-state index contributed by atoms with van der Waals surface area (Å²) in [6.45, 7) is 4.51. The average molecular weight is 382 g/mol. The molecule has 27 heavy (non-hydrogen) atoms. The maximum absolute atomic E-state index is 12.6. The van der Waals surface area contributed by atoms with E-state index in [1.165, 1.54) is 19.4 Å². The summed E-state index contributed by atoms with van der Waals surface area (Å²) in [6, 6.07) is -3.08. The van der Waals surface area contributed by atoms with Crippen LogP contribution in [0.25, 0.3) is 0 Å². The lowest BCUT2D eigenvalue weighted by Gasteiger charge is -2.25. The van der Waals surface area contributed by atoms with Gasteiger partial charge in [-0.05, 0) is 12.8 Å². The number of carbonyl (C=O) groups excluding carboxylic acids is 3. The van der Waals surface area contributed by atoms with E-state index in [4.69, 9.17) is 10.8 Å². The van der Waals surface area contributed by atoms with Crippen LogP contribution in [0.2, 0.25) is 0 Å². The number of nitrogens with zero attached hydrogens (tertiary/aromatic N) is 1. The first-order chi connectivity index (χ1) is 12.6. The lowest BCUT2D eigenvalue weighted by molar-refractivity contribution is -0.141. The molecule has 11 heteroatoms. The van der Waals surface area contributed by atoms with Crippen molar-refractivity contribution in [2.45, 2.75) is 45.3 Å². The summed E-state index contributed by atoms with van der Waals surface area (Å²) in [4.78, 5) is 54.3. The molecule has 0 aliphatic carbocycles. The van der Waals surface area contributed by atoms with Crippen LogP contribution in [0.3, 0.4) is 0 Å². The molecule has 3 amide bonds. The van der Waals surface area contributed by atoms with E-state index in [1.807, 2.05) is 0 Å². The first-order valence-electron chi connectivity index (χ1n) is 8.45. The Hall–Kier alpha value is -2.95. The number of aromatic amines is 1. The number of carbonyl (C=O) groups is 4. The fourth-order valence-electron chi connectivity index (χ4n) is 2.23. The van der Waals surface area contributed by atoms with Crippen LogP contribution in [0.4, 0.5) is 0 Å². The summed E-state index contributed by atoms with van der Waals surface area (Å²) in [5, 5.41) is 16.4. The number of aliphatic carboxylic acids is 1. The molecule has 0 aromatic carbocycles. The number of aromatic nitrogens is 2. The highest BCUT2D eigenvalue weighted by atomic mass is 16.4. The van der Waals surface area contributed by atoms with Crippen molar-refractivity contribution in [3.05, 3.63) is 18.2 Å². The summed E-state index contributed by atoms with van der Waals surface area (Å²) < 4.78 is 0. The molecular formula is C16H26N6O5. The van der Waals surface area contributed by atoms with Crippen LogP contribution in [0.5, 0.6) is 0 Å². The number of amides is 3. The van der Waals surface area contributed by atoms with E-state index in [9.17, 15) is 19.2 Å². The van der Waals surface area contributed by atoms with Crippen LogP contribution in [0, 0.1) is 5.92 Å². The highest BCUT2D eigenvalue weighted by Crippen LogP contribution is 2.05. The first kappa shape index (κ1) is 22.1. The lowest BCUT2D eigenvalue weighted by atomic mass is 10.0. The van der Waals surface area contributed by atoms with Crippen LogP contribution in [-0.2, 0) is 25.6 Å². The fraction of sp³-hybridized carbons (Fsp3) is 0.562. The Bertz CT molecular complexity index is 660. The molecule has 150 valence electrons. The number of hydrogen-bond donors (Lipinski definition) is 6. The molecule has 0 saturated heterocycles. The molecule has 3 unspecified atom stereocenters. The second-order valence-corrected chi connectivity index (χ2v) is 6.40. The predicted molar refractivity (Wildman–Crippen MR) is 95.3 cm³/mol. The molecule has 1 aromatic heterocycles. The summed E-state index contributed by atoms with van der Waals surface area (Å²) in [6.07, 6.45) is 2.98. The molecule has 1 rings (SSSR count). The third-order valence-electron chi connectivity index (χ3n) is 3.79. The number of nitrogens with one attached hydrogen (secondary N) is 4. The Morgan fingerprint density at radius 3 is 2.30 bits per heavy atom. The number of carboxylic acid groups (broad SMARTS) is 1. The van der Waals surface area contributed by atoms with Gasteiger partial charge in [0.1, 0.15) is 18.1 Å². The van der Waals surface area contributed by atoms with Gasteiger partial charge in [0.15, 0.2) is 0 Å². The van der Waals surface area contributed by atoms with Gasteiger partial charge in [0, 0.05) is 18.3 Å². The summed E-state index contributed by atoms with van der Waals surface area (Å²) in [5.41, 5.74) is 5.84. The van der Waals surface area contributed by atoms with Crippen molar-refractivity contribution in [1.82, 2.24) is 25.9 Å². The second-order valence-electron chi connectivity index (χ2n) is 6.40. The third kappa shape index (κ3) is 7.05. The topological polar surface area (TPSA) is 179 Å². The number of hydrogen-bond acceptors (Lipinski definition) is 6. The number of carboxylic acids is 1. The van der Waals surface area contributed by atoms with Crippen LogP contribution in [0.15, 0.2) is 12.5 Å². The number of rotatable bonds is 10. The quantitative estimate of drug-likeness (QED) is 0.274. The highest BCUT2D eigenvalue weighted by molar-refractivity contribution is 5.93. The van der Waals surface area contributed by atoms with Gasteiger partial charge >= 0.3 is 5.97 Å². The monoisotopic (exact) mass is 382 g/mol. The molecule has 0 radical (unpaired) electrons. The summed E-state index contributed by atoms with van der Waals surface area (Å²) >= 11 is 0. The van der Waals surface area contributed by atoms with Crippen LogP contribution in [-0.4, -0.2) is 63.4 Å². The van der Waals surface area contributed by atoms with Gasteiger partial charge in [0.05, 0.1) is 12.9 Å². The zero-order valence-corrected chi connectivity index (χ0v) is 15.5. The number of imidazole rings is 1. The van der Waals surface area contributed by atoms with Gasteiger partial charge in [0.2, 0.25) is 17.7 Å². The average Bonchev–Trinajstić information content (AvgIpc) is 3.11. The molecule has 1 heterocycles. The van der Waals surface area contributed by atoms with Gasteiger partial charge < -0.3 is 31.8 Å². The van der Waals surface area contributed by atoms with E-state index in [1.54, 1.807) is 13.8 Å². The highest BCUT2D eigenvalue weighted by Gasteiger charge is 2.30. The molecule has 7 N–H and O–H groups in total. The Kier molecular flexibility index (Phi) is 8.39. The molecule has 0 aliphatic rings. The normalized spacial score (nSPS) is 14.1. The molecule has 0 fully saturated rings. The largest absolute Gasteiger partial charge is 0.480 e. The Morgan fingerprint density at radius 1 is 1.15 bits per heavy atom. The zero-order chi connectivity index (χ0) is 20.6. The molecule has 11 nitrogen and oxygen atoms in total. The zero-order valence-electron chi connectivity index (χ0n) is 15.5. The van der Waals surface area contributed by atoms with E-state index < -0.39 is 41.8 Å². The van der Waals surface area contributed by atoms with Gasteiger partial charge in [-0.15, -0.1) is 0 Å². The van der Waals surface area contributed by atoms with Crippen molar-refractivity contribution >= 4 is 23.7 Å². The van der Waals surface area contributed by atoms with Crippen LogP contribution >= 0.6 is 0 Å². The first-order valence-corrected chi connectivity index (χ1v) is 8.45. The molecular weight excluding hydrogens is 356 g/mol. The van der Waals surface area contributed by atoms with Gasteiger partial charge in [-0.1, -0.05) is 13.8 Å². The minimum Gasteiger partial charge on any atom is -0.480 e. The van der Waals surface area contributed by atoms with Crippen LogP contribution in [0.1, 0.15) is 26.5 Å². The smallest absolute Gasteiger partial charge is 0.325 e. The maximum atomic E-state index is 12.6. The standard InChI is InChI=1S/C16H26N6O5/c1-8(2)13(22-12(23)5-17)15(25)21-11(4-10-6-18-7-19-10)14(24)20-9(3)16(26)27/h6-9,11,13H,4-5,17H2,1-3H3,(H,18,19)(H,20,24)(H,21,25)(H,22,23)(H,26,27). The molecule has 3 atom stereocenters. The number of nitrogens with two attached hydrogens (primary N) is 1. The van der Waals surface area contributed by atoms with Crippen molar-refractivity contribution in [2.75, 3.05) is 6.54 Å². The Labute approximate surface area is 156 Å². The Morgan fingerprint density at radius 2 is 1.81 bits per heavy atom. The van der Waals surface area contributed by atoms with Crippen molar-refractivity contribution in [3.63, 3.8) is 0 Å². The molecule has 0 aliphatic heterocycles. The van der Waals surface area contributed by atoms with Crippen molar-refractivity contribution in [1.29, 1.82) is 0 Å². The van der Waals surface area contributed by atoms with Gasteiger partial charge in [-0.2, -0.15) is 0 Å². The van der Waals surface area contributed by atoms with Gasteiger partial charge in [-0.25, -0.2) is 4.98 Å². The van der Waals surface area contributed by atoms with E-state index in [2.05, 4.69) is 25.9 Å². The second kappa shape index (κ2) is 10.3. The minimum atomic E-state index is -1.20. The van der Waals surface area contributed by atoms with Crippen molar-refractivity contribution in [3.8, 4) is 0 Å². The van der Waals surface area contributed by atoms with Crippen LogP contribution < -0.4 is 21.7 Å². The fourth-order valence-corrected chi connectivity index (χ4v) is 2.23. The molecule has 0 spiro atoms. The Balaban J connectivity index is 2.93. The third-order valence-corrected chi connectivity index (χ3v) is 3.79.